The fourth-order valence-electron chi connectivity index (χ4n) is 5.88. The van der Waals surface area contributed by atoms with Crippen LogP contribution in [0.1, 0.15) is 44.1 Å². The molecule has 1 aliphatic carbocycles. The number of likely N-dealkylation sites (tertiary alicyclic amines) is 1. The van der Waals surface area contributed by atoms with E-state index in [1.165, 1.54) is 17.1 Å². The van der Waals surface area contributed by atoms with E-state index in [0.29, 0.717) is 42.8 Å². The molecule has 6 rings (SSSR count). The van der Waals surface area contributed by atoms with Gasteiger partial charge in [-0.1, -0.05) is 18.2 Å². The molecule has 1 amide bonds. The third kappa shape index (κ3) is 5.73. The monoisotopic (exact) mass is 558 g/mol. The van der Waals surface area contributed by atoms with Crippen molar-refractivity contribution in [3.8, 4) is 11.6 Å². The van der Waals surface area contributed by atoms with Gasteiger partial charge in [0, 0.05) is 31.3 Å². The molecular formula is C30H34N6O5. The van der Waals surface area contributed by atoms with Crippen molar-refractivity contribution in [2.45, 2.75) is 63.4 Å². The summed E-state index contributed by atoms with van der Waals surface area (Å²) in [4.78, 5) is 37.1. The van der Waals surface area contributed by atoms with Gasteiger partial charge in [0.15, 0.2) is 5.65 Å². The largest absolute Gasteiger partial charge is 0.474 e. The van der Waals surface area contributed by atoms with Crippen molar-refractivity contribution in [3.05, 3.63) is 77.1 Å². The predicted octanol–water partition coefficient (Wildman–Crippen LogP) is 2.46. The lowest BCUT2D eigenvalue weighted by Crippen LogP contribution is -2.51. The van der Waals surface area contributed by atoms with Gasteiger partial charge in [-0.05, 0) is 62.3 Å². The number of pyridine rings is 1. The number of nitrogens with zero attached hydrogens (tertiary/aromatic N) is 6. The van der Waals surface area contributed by atoms with Crippen LogP contribution >= 0.6 is 0 Å². The van der Waals surface area contributed by atoms with Crippen LogP contribution < -0.4 is 10.3 Å². The number of rotatable bonds is 7. The number of aliphatic hydroxyl groups is 2. The molecule has 0 bridgehead atoms. The molecule has 0 unspecified atom stereocenters. The molecule has 2 N–H and O–H groups in total. The van der Waals surface area contributed by atoms with E-state index in [2.05, 4.69) is 15.1 Å². The van der Waals surface area contributed by atoms with Gasteiger partial charge in [0.25, 0.3) is 5.56 Å². The Morgan fingerprint density at radius 1 is 1.02 bits per heavy atom. The molecule has 4 aromatic rings. The lowest BCUT2D eigenvalue weighted by Gasteiger charge is -2.40. The molecule has 0 radical (unpaired) electrons. The summed E-state index contributed by atoms with van der Waals surface area (Å²) < 4.78 is 8.98. The van der Waals surface area contributed by atoms with E-state index in [0.717, 1.165) is 36.9 Å². The maximum atomic E-state index is 13.3. The number of hydrogen-bond acceptors (Lipinski definition) is 8. The Balaban J connectivity index is 1.05. The standard InChI is InChI=1S/C30H34N6O5/c37-18-21-4-8-23(9-5-21)36-27-25(17-33-36)29(39)35(20-32-27)19-30(40)12-15-34(16-13-30)28(38)22-6-10-24(11-7-22)41-26-3-1-2-14-31-26/h1-5,8-9,14,17,20,22,24,37,40H,6-7,10-13,15-16,18-19H2/t22-,24-. The summed E-state index contributed by atoms with van der Waals surface area (Å²) in [5, 5.41) is 25.3. The van der Waals surface area contributed by atoms with Crippen LogP contribution in [-0.2, 0) is 17.9 Å². The molecule has 0 atom stereocenters. The summed E-state index contributed by atoms with van der Waals surface area (Å²) in [5.74, 6) is 0.729. The van der Waals surface area contributed by atoms with Gasteiger partial charge in [-0.2, -0.15) is 5.10 Å². The molecule has 4 heterocycles. The van der Waals surface area contributed by atoms with Crippen molar-refractivity contribution in [2.75, 3.05) is 13.1 Å². The third-order valence-electron chi connectivity index (χ3n) is 8.34. The predicted molar refractivity (Wildman–Crippen MR) is 150 cm³/mol. The van der Waals surface area contributed by atoms with Crippen molar-refractivity contribution in [1.82, 2.24) is 29.2 Å². The normalized spacial score (nSPS) is 20.7. The Morgan fingerprint density at radius 3 is 2.46 bits per heavy atom. The number of piperidine rings is 1. The highest BCUT2D eigenvalue weighted by Crippen LogP contribution is 2.31. The van der Waals surface area contributed by atoms with Gasteiger partial charge in [-0.25, -0.2) is 14.6 Å². The van der Waals surface area contributed by atoms with E-state index in [1.54, 1.807) is 23.0 Å². The molecule has 41 heavy (non-hydrogen) atoms. The van der Waals surface area contributed by atoms with E-state index in [1.807, 2.05) is 35.2 Å². The fourth-order valence-corrected chi connectivity index (χ4v) is 5.88. The van der Waals surface area contributed by atoms with Gasteiger partial charge < -0.3 is 19.8 Å². The van der Waals surface area contributed by atoms with Gasteiger partial charge >= 0.3 is 0 Å². The Bertz CT molecular complexity index is 1550. The van der Waals surface area contributed by atoms with E-state index >= 15 is 0 Å². The molecule has 1 saturated carbocycles. The number of ether oxygens (including phenoxy) is 1. The van der Waals surface area contributed by atoms with Crippen LogP contribution in [0.25, 0.3) is 16.7 Å². The zero-order valence-electron chi connectivity index (χ0n) is 22.8. The van der Waals surface area contributed by atoms with Crippen molar-refractivity contribution in [3.63, 3.8) is 0 Å². The SMILES string of the molecule is O=c1c2cnn(-c3ccc(CO)cc3)c2ncn1CC1(O)CCN(C(=O)[C@H]2CC[C@H](Oc3ccccn3)CC2)CC1. The number of carbonyl (C=O) groups is 1. The zero-order chi connectivity index (χ0) is 28.4. The Morgan fingerprint density at radius 2 is 1.78 bits per heavy atom. The maximum Gasteiger partial charge on any atom is 0.264 e. The van der Waals surface area contributed by atoms with Crippen LogP contribution in [0.2, 0.25) is 0 Å². The number of amides is 1. The van der Waals surface area contributed by atoms with E-state index in [-0.39, 0.29) is 36.6 Å². The lowest BCUT2D eigenvalue weighted by atomic mass is 9.85. The molecule has 1 aliphatic heterocycles. The first-order valence-electron chi connectivity index (χ1n) is 14.1. The number of benzene rings is 1. The molecule has 2 fully saturated rings. The highest BCUT2D eigenvalue weighted by atomic mass is 16.5. The molecule has 3 aromatic heterocycles. The number of aliphatic hydroxyl groups excluding tert-OH is 1. The van der Waals surface area contributed by atoms with Gasteiger partial charge in [0.1, 0.15) is 17.8 Å². The zero-order valence-corrected chi connectivity index (χ0v) is 22.8. The first kappa shape index (κ1) is 27.1. The average molecular weight is 559 g/mol. The van der Waals surface area contributed by atoms with Crippen LogP contribution in [0.4, 0.5) is 0 Å². The van der Waals surface area contributed by atoms with Crippen LogP contribution in [0.15, 0.2) is 66.0 Å². The number of aromatic nitrogens is 5. The first-order valence-corrected chi connectivity index (χ1v) is 14.1. The van der Waals surface area contributed by atoms with Crippen LogP contribution in [0.5, 0.6) is 5.88 Å². The second kappa shape index (κ2) is 11.4. The smallest absolute Gasteiger partial charge is 0.264 e. The second-order valence-electron chi connectivity index (χ2n) is 11.1. The molecule has 2 aliphatic rings. The van der Waals surface area contributed by atoms with Gasteiger partial charge in [-0.15, -0.1) is 0 Å². The number of fused-ring (bicyclic) bond motifs is 1. The molecule has 1 aromatic carbocycles. The topological polar surface area (TPSA) is 136 Å². The summed E-state index contributed by atoms with van der Waals surface area (Å²) >= 11 is 0. The lowest BCUT2D eigenvalue weighted by molar-refractivity contribution is -0.141. The first-order chi connectivity index (χ1) is 19.9. The van der Waals surface area contributed by atoms with Crippen molar-refractivity contribution >= 4 is 16.9 Å². The molecule has 214 valence electrons. The number of carbonyl (C=O) groups excluding carboxylic acids is 1. The van der Waals surface area contributed by atoms with Crippen molar-refractivity contribution < 1.29 is 19.7 Å². The third-order valence-corrected chi connectivity index (χ3v) is 8.34. The van der Waals surface area contributed by atoms with Crippen LogP contribution in [-0.4, -0.2) is 70.1 Å². The van der Waals surface area contributed by atoms with E-state index in [4.69, 9.17) is 4.74 Å². The second-order valence-corrected chi connectivity index (χ2v) is 11.1. The number of hydrogen-bond donors (Lipinski definition) is 2. The van der Waals surface area contributed by atoms with Gasteiger partial charge in [0.2, 0.25) is 11.8 Å². The maximum absolute atomic E-state index is 13.3. The minimum atomic E-state index is -1.11. The van der Waals surface area contributed by atoms with E-state index < -0.39 is 5.60 Å². The Kier molecular flexibility index (Phi) is 7.55. The quantitative estimate of drug-likeness (QED) is 0.353. The molecule has 11 nitrogen and oxygen atoms in total. The Hall–Kier alpha value is -4.09. The minimum absolute atomic E-state index is 0.0321. The van der Waals surface area contributed by atoms with E-state index in [9.17, 15) is 19.8 Å². The summed E-state index contributed by atoms with van der Waals surface area (Å²) in [6.07, 6.45) is 8.67. The van der Waals surface area contributed by atoms with Crippen molar-refractivity contribution in [2.24, 2.45) is 5.92 Å². The van der Waals surface area contributed by atoms with Gasteiger partial charge in [0.05, 0.1) is 30.6 Å². The van der Waals surface area contributed by atoms with Crippen LogP contribution in [0, 0.1) is 5.92 Å². The highest BCUT2D eigenvalue weighted by Gasteiger charge is 2.37. The van der Waals surface area contributed by atoms with Crippen molar-refractivity contribution in [1.29, 1.82) is 0 Å². The summed E-state index contributed by atoms with van der Waals surface area (Å²) in [6.45, 7) is 0.947. The molecular weight excluding hydrogens is 524 g/mol. The highest BCUT2D eigenvalue weighted by molar-refractivity contribution is 5.79. The summed E-state index contributed by atoms with van der Waals surface area (Å²) in [5.41, 5.74) is 0.549. The van der Waals surface area contributed by atoms with Gasteiger partial charge in [-0.3, -0.25) is 14.2 Å². The fraction of sp³-hybridized carbons (Fsp3) is 0.433. The Labute approximate surface area is 237 Å². The average Bonchev–Trinajstić information content (AvgIpc) is 3.44. The summed E-state index contributed by atoms with van der Waals surface area (Å²) in [6, 6.07) is 12.8. The van der Waals surface area contributed by atoms with Crippen LogP contribution in [0.3, 0.4) is 0 Å². The summed E-state index contributed by atoms with van der Waals surface area (Å²) in [7, 11) is 0. The molecule has 0 spiro atoms. The molecule has 11 heteroatoms. The molecule has 1 saturated heterocycles. The minimum Gasteiger partial charge on any atom is -0.474 e.